The van der Waals surface area contributed by atoms with Crippen LogP contribution in [0.25, 0.3) is 0 Å². The lowest BCUT2D eigenvalue weighted by Crippen LogP contribution is -2.57. The van der Waals surface area contributed by atoms with Crippen molar-refractivity contribution in [3.8, 4) is 0 Å². The minimum atomic E-state index is -1.43. The average molecular weight is 483 g/mol. The fourth-order valence-corrected chi connectivity index (χ4v) is 3.39. The Morgan fingerprint density at radius 2 is 1.79 bits per heavy atom. The van der Waals surface area contributed by atoms with Gasteiger partial charge in [0, 0.05) is 12.7 Å². The third-order valence-electron chi connectivity index (χ3n) is 5.58. The van der Waals surface area contributed by atoms with Crippen LogP contribution in [0.1, 0.15) is 32.8 Å². The van der Waals surface area contributed by atoms with E-state index in [0.29, 0.717) is 17.5 Å². The summed E-state index contributed by atoms with van der Waals surface area (Å²) in [5.74, 6) is -0.375. The Balaban J connectivity index is 1.75. The summed E-state index contributed by atoms with van der Waals surface area (Å²) in [6.45, 7) is 5.16. The van der Waals surface area contributed by atoms with Crippen molar-refractivity contribution in [2.45, 2.75) is 70.5 Å². The molecule has 11 nitrogen and oxygen atoms in total. The normalized spacial score (nSPS) is 25.5. The summed E-state index contributed by atoms with van der Waals surface area (Å²) >= 11 is 0. The minimum absolute atomic E-state index is 0.0115. The van der Waals surface area contributed by atoms with E-state index in [4.69, 9.17) is 14.2 Å². The predicted molar refractivity (Wildman–Crippen MR) is 121 cm³/mol. The summed E-state index contributed by atoms with van der Waals surface area (Å²) in [4.78, 5) is 36.7. The van der Waals surface area contributed by atoms with E-state index in [2.05, 4.69) is 5.32 Å². The number of rotatable bonds is 10. The maximum absolute atomic E-state index is 12.2. The van der Waals surface area contributed by atoms with E-state index in [1.807, 2.05) is 13.8 Å². The molecule has 1 aliphatic heterocycles. The highest BCUT2D eigenvalue weighted by molar-refractivity contribution is 5.90. The number of anilines is 1. The molecule has 1 saturated heterocycles. The van der Waals surface area contributed by atoms with Gasteiger partial charge in [0.25, 0.3) is 0 Å². The molecule has 6 atom stereocenters. The van der Waals surface area contributed by atoms with Gasteiger partial charge >= 0.3 is 6.09 Å². The first-order chi connectivity index (χ1) is 16.0. The standard InChI is InChI=1S/C23H34N2O9/c1-13(2)17(11-26)25(4)23(31)33-12-15-5-7-16(8-6-15)24-18(27)9-10-32-22-21(30)20(29)19(28)14(3)34-22/h5-8,11,13-14,17,19-22,28-30H,9-10,12H2,1-4H3,(H,24,27)/t14-,17-,19?,20+,21?,22-/m1/s1. The number of nitrogens with zero attached hydrogens (tertiary/aromatic N) is 1. The van der Waals surface area contributed by atoms with E-state index < -0.39 is 42.8 Å². The van der Waals surface area contributed by atoms with E-state index >= 15 is 0 Å². The molecule has 0 aliphatic carbocycles. The molecule has 1 fully saturated rings. The first-order valence-electron chi connectivity index (χ1n) is 11.1. The fourth-order valence-electron chi connectivity index (χ4n) is 3.39. The van der Waals surface area contributed by atoms with Crippen molar-refractivity contribution < 1.29 is 43.9 Å². The lowest BCUT2D eigenvalue weighted by Gasteiger charge is -2.38. The molecule has 2 rings (SSSR count). The number of aliphatic hydroxyl groups is 3. The van der Waals surface area contributed by atoms with Gasteiger partial charge in [0.15, 0.2) is 6.29 Å². The van der Waals surface area contributed by atoms with Crippen molar-refractivity contribution in [2.24, 2.45) is 5.92 Å². The number of hydrogen-bond acceptors (Lipinski definition) is 9. The number of aliphatic hydroxyl groups excluding tert-OH is 3. The van der Waals surface area contributed by atoms with Crippen molar-refractivity contribution in [3.05, 3.63) is 29.8 Å². The summed E-state index contributed by atoms with van der Waals surface area (Å²) in [6, 6.07) is 6.13. The molecule has 1 heterocycles. The third kappa shape index (κ3) is 7.47. The van der Waals surface area contributed by atoms with Crippen LogP contribution < -0.4 is 5.32 Å². The van der Waals surface area contributed by atoms with Crippen LogP contribution in [0.15, 0.2) is 24.3 Å². The average Bonchev–Trinajstić information content (AvgIpc) is 2.80. The van der Waals surface area contributed by atoms with Gasteiger partial charge in [0.05, 0.1) is 25.2 Å². The second-order valence-corrected chi connectivity index (χ2v) is 8.58. The number of amides is 2. The second kappa shape index (κ2) is 12.8. The van der Waals surface area contributed by atoms with Gasteiger partial charge in [-0.05, 0) is 30.5 Å². The Bertz CT molecular complexity index is 817. The van der Waals surface area contributed by atoms with Gasteiger partial charge in [-0.3, -0.25) is 4.79 Å². The van der Waals surface area contributed by atoms with Crippen LogP contribution in [0.3, 0.4) is 0 Å². The van der Waals surface area contributed by atoms with E-state index in [1.165, 1.54) is 11.9 Å². The topological polar surface area (TPSA) is 155 Å². The molecule has 2 unspecified atom stereocenters. The monoisotopic (exact) mass is 482 g/mol. The highest BCUT2D eigenvalue weighted by Gasteiger charge is 2.42. The molecule has 4 N–H and O–H groups in total. The Hall–Kier alpha value is -2.57. The van der Waals surface area contributed by atoms with Crippen molar-refractivity contribution in [1.29, 1.82) is 0 Å². The summed E-state index contributed by atoms with van der Waals surface area (Å²) < 4.78 is 15.9. The summed E-state index contributed by atoms with van der Waals surface area (Å²) in [6.07, 6.45) is -5.84. The van der Waals surface area contributed by atoms with Gasteiger partial charge in [-0.2, -0.15) is 0 Å². The molecule has 1 aromatic carbocycles. The molecule has 0 aromatic heterocycles. The molecule has 1 aromatic rings. The van der Waals surface area contributed by atoms with Gasteiger partial charge in [0.2, 0.25) is 5.91 Å². The Morgan fingerprint density at radius 1 is 1.15 bits per heavy atom. The molecule has 0 radical (unpaired) electrons. The van der Waals surface area contributed by atoms with Gasteiger partial charge < -0.3 is 44.5 Å². The van der Waals surface area contributed by atoms with E-state index in [9.17, 15) is 29.7 Å². The molecule has 0 bridgehead atoms. The third-order valence-corrected chi connectivity index (χ3v) is 5.58. The first-order valence-corrected chi connectivity index (χ1v) is 11.1. The van der Waals surface area contributed by atoms with Crippen molar-refractivity contribution in [1.82, 2.24) is 4.90 Å². The van der Waals surface area contributed by atoms with Gasteiger partial charge in [-0.1, -0.05) is 26.0 Å². The Labute approximate surface area is 198 Å². The second-order valence-electron chi connectivity index (χ2n) is 8.58. The van der Waals surface area contributed by atoms with Crippen LogP contribution in [0.2, 0.25) is 0 Å². The number of carbonyl (C=O) groups excluding carboxylic acids is 3. The van der Waals surface area contributed by atoms with Crippen molar-refractivity contribution in [2.75, 3.05) is 19.0 Å². The largest absolute Gasteiger partial charge is 0.445 e. The number of aldehydes is 1. The lowest BCUT2D eigenvalue weighted by molar-refractivity contribution is -0.292. The number of benzene rings is 1. The summed E-state index contributed by atoms with van der Waals surface area (Å²) in [7, 11) is 1.51. The molecule has 190 valence electrons. The van der Waals surface area contributed by atoms with Gasteiger partial charge in [-0.15, -0.1) is 0 Å². The van der Waals surface area contributed by atoms with Crippen LogP contribution >= 0.6 is 0 Å². The molecule has 34 heavy (non-hydrogen) atoms. The number of ether oxygens (including phenoxy) is 3. The number of hydrogen-bond donors (Lipinski definition) is 4. The lowest BCUT2D eigenvalue weighted by atomic mass is 10.0. The zero-order valence-electron chi connectivity index (χ0n) is 19.8. The maximum atomic E-state index is 12.2. The van der Waals surface area contributed by atoms with E-state index in [-0.39, 0.29) is 31.5 Å². The SMILES string of the molecule is CC(C)[C@@H](C=O)N(C)C(=O)OCc1ccc(NC(=O)CCO[C@@H]2O[C@H](C)C(O)[C@H](O)C2O)cc1. The molecular formula is C23H34N2O9. The zero-order chi connectivity index (χ0) is 25.4. The van der Waals surface area contributed by atoms with E-state index in [0.717, 1.165) is 0 Å². The van der Waals surface area contributed by atoms with Crippen molar-refractivity contribution >= 4 is 24.0 Å². The van der Waals surface area contributed by atoms with Gasteiger partial charge in [-0.25, -0.2) is 4.79 Å². The Kier molecular flexibility index (Phi) is 10.4. The highest BCUT2D eigenvalue weighted by atomic mass is 16.7. The molecule has 0 spiro atoms. The number of carbonyl (C=O) groups is 3. The predicted octanol–water partition coefficient (Wildman–Crippen LogP) is 0.651. The summed E-state index contributed by atoms with van der Waals surface area (Å²) in [5, 5.41) is 32.1. The first kappa shape index (κ1) is 27.7. The van der Waals surface area contributed by atoms with Gasteiger partial charge in [0.1, 0.15) is 31.2 Å². The van der Waals surface area contributed by atoms with Crippen LogP contribution in [0.4, 0.5) is 10.5 Å². The highest BCUT2D eigenvalue weighted by Crippen LogP contribution is 2.22. The van der Waals surface area contributed by atoms with Crippen LogP contribution in [0.5, 0.6) is 0 Å². The molecule has 11 heteroatoms. The smallest absolute Gasteiger partial charge is 0.410 e. The quantitative estimate of drug-likeness (QED) is 0.352. The number of likely N-dealkylation sites (N-methyl/N-ethyl adjacent to an activating group) is 1. The molecule has 1 aliphatic rings. The van der Waals surface area contributed by atoms with Crippen LogP contribution in [-0.4, -0.2) is 88.9 Å². The number of nitrogens with one attached hydrogen (secondary N) is 1. The molecule has 0 saturated carbocycles. The van der Waals surface area contributed by atoms with Crippen LogP contribution in [0, 0.1) is 5.92 Å². The maximum Gasteiger partial charge on any atom is 0.410 e. The Morgan fingerprint density at radius 3 is 2.38 bits per heavy atom. The minimum Gasteiger partial charge on any atom is -0.445 e. The fraction of sp³-hybridized carbons (Fsp3) is 0.609. The molecular weight excluding hydrogens is 448 g/mol. The van der Waals surface area contributed by atoms with E-state index in [1.54, 1.807) is 31.2 Å². The summed E-state index contributed by atoms with van der Waals surface area (Å²) in [5.41, 5.74) is 1.23. The zero-order valence-corrected chi connectivity index (χ0v) is 19.8. The molecule has 2 amide bonds. The van der Waals surface area contributed by atoms with Crippen molar-refractivity contribution in [3.63, 3.8) is 0 Å². The van der Waals surface area contributed by atoms with Crippen LogP contribution in [-0.2, 0) is 30.4 Å².